The van der Waals surface area contributed by atoms with E-state index in [1.54, 1.807) is 0 Å². The number of hydrogen-bond acceptors (Lipinski definition) is 4. The van der Waals surface area contributed by atoms with Crippen LogP contribution in [-0.4, -0.2) is 56.7 Å². The van der Waals surface area contributed by atoms with Gasteiger partial charge in [0.05, 0.1) is 17.0 Å². The molecule has 1 aromatic rings. The van der Waals surface area contributed by atoms with Crippen LogP contribution in [0.5, 0.6) is 0 Å². The number of nitrogens with zero attached hydrogens (tertiary/aromatic N) is 1. The van der Waals surface area contributed by atoms with E-state index < -0.39 is 28.7 Å². The van der Waals surface area contributed by atoms with Gasteiger partial charge in [0.15, 0.2) is 0 Å². The Bertz CT molecular complexity index is 750. The molecule has 0 aliphatic carbocycles. The monoisotopic (exact) mass is 380 g/mol. The minimum absolute atomic E-state index is 0.00737. The third-order valence-corrected chi connectivity index (χ3v) is 5.71. The Labute approximate surface area is 143 Å². The number of carboxylic acids is 1. The number of aromatic carboxylic acids is 1. The predicted molar refractivity (Wildman–Crippen MR) is 83.9 cm³/mol. The number of benzene rings is 1. The number of carbonyl (C=O) groups is 1. The first-order valence-electron chi connectivity index (χ1n) is 7.61. The molecule has 1 aliphatic rings. The highest BCUT2D eigenvalue weighted by atomic mass is 32.2. The summed E-state index contributed by atoms with van der Waals surface area (Å²) in [5.41, 5.74) is 0.00714. The minimum Gasteiger partial charge on any atom is -0.478 e. The highest BCUT2D eigenvalue weighted by Crippen LogP contribution is 2.23. The zero-order valence-electron chi connectivity index (χ0n) is 13.5. The zero-order chi connectivity index (χ0) is 18.8. The fourth-order valence-corrected chi connectivity index (χ4v) is 4.30. The van der Waals surface area contributed by atoms with Gasteiger partial charge in [-0.3, -0.25) is 4.90 Å². The number of carboxylic acid groups (broad SMARTS) is 1. The van der Waals surface area contributed by atoms with Crippen molar-refractivity contribution in [2.24, 2.45) is 5.92 Å². The molecule has 0 spiro atoms. The molecule has 2 N–H and O–H groups in total. The summed E-state index contributed by atoms with van der Waals surface area (Å²) in [6.45, 7) is 0.831. The molecule has 6 nitrogen and oxygen atoms in total. The smallest absolute Gasteiger partial charge is 0.401 e. The lowest BCUT2D eigenvalue weighted by molar-refractivity contribution is -0.143. The van der Waals surface area contributed by atoms with E-state index in [0.29, 0.717) is 6.42 Å². The average Bonchev–Trinajstić information content (AvgIpc) is 2.90. The minimum atomic E-state index is -4.28. The fraction of sp³-hybridized carbons (Fsp3) is 0.533. The number of halogens is 3. The summed E-state index contributed by atoms with van der Waals surface area (Å²) in [6, 6.07) is 3.95. The van der Waals surface area contributed by atoms with Gasteiger partial charge in [0.1, 0.15) is 0 Å². The van der Waals surface area contributed by atoms with Gasteiger partial charge in [0.2, 0.25) is 10.0 Å². The van der Waals surface area contributed by atoms with E-state index in [2.05, 4.69) is 4.72 Å². The molecule has 2 rings (SSSR count). The summed E-state index contributed by atoms with van der Waals surface area (Å²) < 4.78 is 64.3. The SMILES string of the molecule is Cc1c(C(=O)O)cccc1S(=O)(=O)NCC1CCN(CC(F)(F)F)C1. The number of hydrogen-bond donors (Lipinski definition) is 2. The first-order chi connectivity index (χ1) is 11.5. The van der Waals surface area contributed by atoms with E-state index >= 15 is 0 Å². The Balaban J connectivity index is 2.02. The van der Waals surface area contributed by atoms with Crippen molar-refractivity contribution >= 4 is 16.0 Å². The molecule has 1 heterocycles. The lowest BCUT2D eigenvalue weighted by atomic mass is 10.1. The first-order valence-corrected chi connectivity index (χ1v) is 9.09. The second-order valence-corrected chi connectivity index (χ2v) is 7.83. The van der Waals surface area contributed by atoms with Crippen LogP contribution in [0.15, 0.2) is 23.1 Å². The van der Waals surface area contributed by atoms with Crippen molar-refractivity contribution in [3.05, 3.63) is 29.3 Å². The van der Waals surface area contributed by atoms with E-state index in [1.165, 1.54) is 30.0 Å². The normalized spacial score (nSPS) is 19.3. The second-order valence-electron chi connectivity index (χ2n) is 6.09. The summed E-state index contributed by atoms with van der Waals surface area (Å²) in [5, 5.41) is 9.07. The summed E-state index contributed by atoms with van der Waals surface area (Å²) in [7, 11) is -3.94. The number of sulfonamides is 1. The van der Waals surface area contributed by atoms with Crippen molar-refractivity contribution in [3.8, 4) is 0 Å². The maximum atomic E-state index is 12.4. The molecule has 1 fully saturated rings. The highest BCUT2D eigenvalue weighted by molar-refractivity contribution is 7.89. The Morgan fingerprint density at radius 2 is 2.08 bits per heavy atom. The summed E-state index contributed by atoms with van der Waals surface area (Å²) in [5.74, 6) is -1.45. The summed E-state index contributed by atoms with van der Waals surface area (Å²) in [6.07, 6.45) is -3.81. The van der Waals surface area contributed by atoms with Crippen LogP contribution in [0.3, 0.4) is 0 Å². The standard InChI is InChI=1S/C15H19F3N2O4S/c1-10-12(14(21)22)3-2-4-13(10)25(23,24)19-7-11-5-6-20(8-11)9-15(16,17)18/h2-4,11,19H,5-9H2,1H3,(H,21,22). The molecule has 140 valence electrons. The first kappa shape index (κ1) is 19.7. The van der Waals surface area contributed by atoms with E-state index in [-0.39, 0.29) is 41.6 Å². The van der Waals surface area contributed by atoms with E-state index in [0.717, 1.165) is 0 Å². The van der Waals surface area contributed by atoms with E-state index in [9.17, 15) is 26.4 Å². The summed E-state index contributed by atoms with van der Waals surface area (Å²) >= 11 is 0. The molecule has 25 heavy (non-hydrogen) atoms. The van der Waals surface area contributed by atoms with Crippen LogP contribution in [0.1, 0.15) is 22.3 Å². The van der Waals surface area contributed by atoms with Crippen molar-refractivity contribution in [2.45, 2.75) is 24.4 Å². The molecule has 10 heteroatoms. The molecule has 1 unspecified atom stereocenters. The molecular weight excluding hydrogens is 361 g/mol. The van der Waals surface area contributed by atoms with E-state index in [4.69, 9.17) is 5.11 Å². The third-order valence-electron chi connectivity index (χ3n) is 4.14. The summed E-state index contributed by atoms with van der Waals surface area (Å²) in [4.78, 5) is 12.2. The number of rotatable bonds is 6. The van der Waals surface area contributed by atoms with Crippen LogP contribution in [0.25, 0.3) is 0 Å². The molecule has 0 aromatic heterocycles. The van der Waals surface area contributed by atoms with Crippen molar-refractivity contribution in [1.29, 1.82) is 0 Å². The molecule has 0 bridgehead atoms. The lowest BCUT2D eigenvalue weighted by Crippen LogP contribution is -2.35. The van der Waals surface area contributed by atoms with Crippen molar-refractivity contribution in [1.82, 2.24) is 9.62 Å². The quantitative estimate of drug-likeness (QED) is 0.787. The van der Waals surface area contributed by atoms with Crippen LogP contribution in [-0.2, 0) is 10.0 Å². The van der Waals surface area contributed by atoms with Crippen LogP contribution in [0.2, 0.25) is 0 Å². The van der Waals surface area contributed by atoms with Crippen LogP contribution >= 0.6 is 0 Å². The van der Waals surface area contributed by atoms with Crippen LogP contribution in [0, 0.1) is 12.8 Å². The van der Waals surface area contributed by atoms with Crippen LogP contribution < -0.4 is 4.72 Å². The van der Waals surface area contributed by atoms with E-state index in [1.807, 2.05) is 0 Å². The maximum Gasteiger partial charge on any atom is 0.401 e. The fourth-order valence-electron chi connectivity index (χ4n) is 2.92. The number of alkyl halides is 3. The van der Waals surface area contributed by atoms with Gasteiger partial charge >= 0.3 is 12.1 Å². The molecule has 0 radical (unpaired) electrons. The molecule has 1 aliphatic heterocycles. The second kappa shape index (κ2) is 7.30. The molecular formula is C15H19F3N2O4S. The number of likely N-dealkylation sites (tertiary alicyclic amines) is 1. The molecule has 1 aromatic carbocycles. The van der Waals surface area contributed by atoms with Crippen LogP contribution in [0.4, 0.5) is 13.2 Å². The average molecular weight is 380 g/mol. The van der Waals surface area contributed by atoms with Crippen molar-refractivity contribution in [3.63, 3.8) is 0 Å². The highest BCUT2D eigenvalue weighted by Gasteiger charge is 2.34. The van der Waals surface area contributed by atoms with Crippen molar-refractivity contribution in [2.75, 3.05) is 26.2 Å². The molecule has 1 saturated heterocycles. The Kier molecular flexibility index (Phi) is 5.75. The van der Waals surface area contributed by atoms with Gasteiger partial charge < -0.3 is 5.11 Å². The molecule has 1 atom stereocenters. The van der Waals surface area contributed by atoms with Gasteiger partial charge in [-0.1, -0.05) is 6.07 Å². The zero-order valence-corrected chi connectivity index (χ0v) is 14.3. The van der Waals surface area contributed by atoms with Gasteiger partial charge in [-0.15, -0.1) is 0 Å². The van der Waals surface area contributed by atoms with Gasteiger partial charge in [0.25, 0.3) is 0 Å². The van der Waals surface area contributed by atoms with Crippen molar-refractivity contribution < 1.29 is 31.5 Å². The molecule has 0 saturated carbocycles. The van der Waals surface area contributed by atoms with Gasteiger partial charge in [0, 0.05) is 13.1 Å². The van der Waals surface area contributed by atoms with Gasteiger partial charge in [-0.05, 0) is 43.5 Å². The topological polar surface area (TPSA) is 86.7 Å². The lowest BCUT2D eigenvalue weighted by Gasteiger charge is -2.18. The van der Waals surface area contributed by atoms with Gasteiger partial charge in [-0.25, -0.2) is 17.9 Å². The third kappa shape index (κ3) is 5.16. The van der Waals surface area contributed by atoms with Gasteiger partial charge in [-0.2, -0.15) is 13.2 Å². The predicted octanol–water partition coefficient (Wildman–Crippen LogP) is 1.86. The largest absolute Gasteiger partial charge is 0.478 e. The maximum absolute atomic E-state index is 12.4. The Hall–Kier alpha value is -1.65. The number of nitrogens with one attached hydrogen (secondary N) is 1. The Morgan fingerprint density at radius 3 is 2.68 bits per heavy atom. The molecule has 0 amide bonds. The Morgan fingerprint density at radius 1 is 1.40 bits per heavy atom.